The van der Waals surface area contributed by atoms with E-state index in [-0.39, 0.29) is 18.5 Å². The van der Waals surface area contributed by atoms with Gasteiger partial charge < -0.3 is 15.7 Å². The number of hydrogen-bond donors (Lipinski definition) is 3. The molecule has 3 N–H and O–H groups in total. The maximum atomic E-state index is 11.6. The maximum Gasteiger partial charge on any atom is 0.305 e. The zero-order chi connectivity index (χ0) is 16.9. The minimum absolute atomic E-state index is 0.00423. The molecule has 6 nitrogen and oxygen atoms in total. The molecular weight excluding hydrogens is 294 g/mol. The van der Waals surface area contributed by atoms with Crippen LogP contribution in [0.4, 0.5) is 0 Å². The second-order valence-corrected chi connectivity index (χ2v) is 4.97. The molecular formula is C17H21N3O3. The lowest BCUT2D eigenvalue weighted by Gasteiger charge is -2.04. The minimum Gasteiger partial charge on any atom is -0.481 e. The standard InChI is InChI=1S/C17H21N3O3/c18-12-15(17(23)20-11-9-16(21)22)13-19-10-5-4-8-14-6-2-1-3-7-14/h1-3,6-7,13,19H,4-5,8-11H2,(H,20,23)(H,21,22)/b15-13-. The van der Waals surface area contributed by atoms with Crippen LogP contribution in [-0.2, 0) is 16.0 Å². The van der Waals surface area contributed by atoms with Crippen LogP contribution < -0.4 is 10.6 Å². The van der Waals surface area contributed by atoms with Crippen LogP contribution in [0, 0.1) is 11.3 Å². The number of carboxylic acids is 1. The summed E-state index contributed by atoms with van der Waals surface area (Å²) in [5.41, 5.74) is 1.23. The third kappa shape index (κ3) is 8.27. The van der Waals surface area contributed by atoms with Crippen LogP contribution >= 0.6 is 0 Å². The minimum atomic E-state index is -0.996. The summed E-state index contributed by atoms with van der Waals surface area (Å²) in [6.07, 6.45) is 4.13. The highest BCUT2D eigenvalue weighted by molar-refractivity contribution is 5.97. The average molecular weight is 315 g/mol. The van der Waals surface area contributed by atoms with E-state index in [4.69, 9.17) is 10.4 Å². The van der Waals surface area contributed by atoms with Crippen molar-refractivity contribution in [1.82, 2.24) is 10.6 Å². The summed E-state index contributed by atoms with van der Waals surface area (Å²) in [6.45, 7) is 0.671. The first-order valence-corrected chi connectivity index (χ1v) is 7.51. The number of amides is 1. The lowest BCUT2D eigenvalue weighted by molar-refractivity contribution is -0.136. The Morgan fingerprint density at radius 1 is 1.17 bits per heavy atom. The molecule has 0 spiro atoms. The van der Waals surface area contributed by atoms with Gasteiger partial charge in [0.2, 0.25) is 0 Å². The predicted octanol–water partition coefficient (Wildman–Crippen LogP) is 1.60. The molecule has 0 aliphatic heterocycles. The van der Waals surface area contributed by atoms with Crippen LogP contribution in [0.25, 0.3) is 0 Å². The Morgan fingerprint density at radius 2 is 1.91 bits per heavy atom. The number of aryl methyl sites for hydroxylation is 1. The number of aliphatic carboxylic acids is 1. The van der Waals surface area contributed by atoms with E-state index in [0.717, 1.165) is 19.3 Å². The van der Waals surface area contributed by atoms with E-state index >= 15 is 0 Å². The average Bonchev–Trinajstić information content (AvgIpc) is 2.54. The van der Waals surface area contributed by atoms with Gasteiger partial charge in [-0.2, -0.15) is 5.26 Å². The first-order valence-electron chi connectivity index (χ1n) is 7.51. The number of hydrogen-bond acceptors (Lipinski definition) is 4. The summed E-state index contributed by atoms with van der Waals surface area (Å²) in [4.78, 5) is 22.0. The van der Waals surface area contributed by atoms with Gasteiger partial charge in [-0.1, -0.05) is 30.3 Å². The van der Waals surface area contributed by atoms with Crippen molar-refractivity contribution < 1.29 is 14.7 Å². The van der Waals surface area contributed by atoms with Crippen molar-refractivity contribution in [2.24, 2.45) is 0 Å². The SMILES string of the molecule is N#C/C(=C/NCCCCc1ccccc1)C(=O)NCCC(=O)O. The molecule has 0 fully saturated rings. The summed E-state index contributed by atoms with van der Waals surface area (Å²) >= 11 is 0. The number of unbranched alkanes of at least 4 members (excludes halogenated alkanes) is 1. The molecule has 0 bridgehead atoms. The van der Waals surface area contributed by atoms with E-state index in [2.05, 4.69) is 22.8 Å². The normalized spacial score (nSPS) is 10.7. The number of benzene rings is 1. The number of carboxylic acid groups (broad SMARTS) is 1. The van der Waals surface area contributed by atoms with Gasteiger partial charge in [-0.15, -0.1) is 0 Å². The first-order chi connectivity index (χ1) is 11.1. The summed E-state index contributed by atoms with van der Waals surface area (Å²) in [5, 5.41) is 22.7. The zero-order valence-corrected chi connectivity index (χ0v) is 12.9. The fourth-order valence-electron chi connectivity index (χ4n) is 1.90. The molecule has 1 amide bonds. The highest BCUT2D eigenvalue weighted by Gasteiger charge is 2.08. The molecule has 1 rings (SSSR count). The van der Waals surface area contributed by atoms with Crippen LogP contribution in [0.5, 0.6) is 0 Å². The molecule has 0 heterocycles. The van der Waals surface area contributed by atoms with E-state index in [1.165, 1.54) is 11.8 Å². The Kier molecular flexibility index (Phi) is 8.61. The Balaban J connectivity index is 2.21. The van der Waals surface area contributed by atoms with E-state index in [0.29, 0.717) is 6.54 Å². The van der Waals surface area contributed by atoms with Crippen LogP contribution in [0.3, 0.4) is 0 Å². The van der Waals surface area contributed by atoms with Crippen LogP contribution in [-0.4, -0.2) is 30.1 Å². The van der Waals surface area contributed by atoms with Crippen LogP contribution in [0.15, 0.2) is 42.1 Å². The van der Waals surface area contributed by atoms with Gasteiger partial charge in [-0.05, 0) is 24.8 Å². The zero-order valence-electron chi connectivity index (χ0n) is 12.9. The first kappa shape index (κ1) is 18.2. The van der Waals surface area contributed by atoms with Gasteiger partial charge in [0, 0.05) is 19.3 Å². The molecule has 122 valence electrons. The lowest BCUT2D eigenvalue weighted by atomic mass is 10.1. The second-order valence-electron chi connectivity index (χ2n) is 4.97. The van der Waals surface area contributed by atoms with Gasteiger partial charge in [-0.25, -0.2) is 0 Å². The van der Waals surface area contributed by atoms with Crippen molar-refractivity contribution in [3.63, 3.8) is 0 Å². The molecule has 6 heteroatoms. The monoisotopic (exact) mass is 315 g/mol. The van der Waals surface area contributed by atoms with Crippen LogP contribution in [0.1, 0.15) is 24.8 Å². The van der Waals surface area contributed by atoms with Gasteiger partial charge >= 0.3 is 5.97 Å². The molecule has 0 saturated heterocycles. The topological polar surface area (TPSA) is 102 Å². The molecule has 23 heavy (non-hydrogen) atoms. The highest BCUT2D eigenvalue weighted by atomic mass is 16.4. The summed E-state index contributed by atoms with van der Waals surface area (Å²) in [5.74, 6) is -1.56. The highest BCUT2D eigenvalue weighted by Crippen LogP contribution is 2.03. The van der Waals surface area contributed by atoms with Crippen molar-refractivity contribution >= 4 is 11.9 Å². The second kappa shape index (κ2) is 10.9. The number of nitrogens with one attached hydrogen (secondary N) is 2. The molecule has 0 aromatic heterocycles. The van der Waals surface area contributed by atoms with Crippen molar-refractivity contribution in [2.45, 2.75) is 25.7 Å². The van der Waals surface area contributed by atoms with Crippen molar-refractivity contribution in [3.8, 4) is 6.07 Å². The smallest absolute Gasteiger partial charge is 0.305 e. The largest absolute Gasteiger partial charge is 0.481 e. The van der Waals surface area contributed by atoms with Gasteiger partial charge in [0.25, 0.3) is 5.91 Å². The van der Waals surface area contributed by atoms with Gasteiger partial charge in [-0.3, -0.25) is 9.59 Å². The van der Waals surface area contributed by atoms with Crippen molar-refractivity contribution in [2.75, 3.05) is 13.1 Å². The van der Waals surface area contributed by atoms with Crippen LogP contribution in [0.2, 0.25) is 0 Å². The molecule has 0 aliphatic carbocycles. The number of carbonyl (C=O) groups excluding carboxylic acids is 1. The van der Waals surface area contributed by atoms with Gasteiger partial charge in [0.1, 0.15) is 11.6 Å². The molecule has 0 unspecified atom stereocenters. The molecule has 1 aromatic rings. The fraction of sp³-hybridized carbons (Fsp3) is 0.353. The molecule has 0 atom stereocenters. The predicted molar refractivity (Wildman–Crippen MR) is 86.3 cm³/mol. The Bertz CT molecular complexity index is 576. The third-order valence-corrected chi connectivity index (χ3v) is 3.12. The number of nitriles is 1. The van der Waals surface area contributed by atoms with Crippen molar-refractivity contribution in [1.29, 1.82) is 5.26 Å². The summed E-state index contributed by atoms with van der Waals surface area (Å²) in [6, 6.07) is 12.0. The Labute approximate surface area is 135 Å². The van der Waals surface area contributed by atoms with E-state index in [9.17, 15) is 9.59 Å². The summed E-state index contributed by atoms with van der Waals surface area (Å²) in [7, 11) is 0. The fourth-order valence-corrected chi connectivity index (χ4v) is 1.90. The summed E-state index contributed by atoms with van der Waals surface area (Å²) < 4.78 is 0. The van der Waals surface area contributed by atoms with E-state index in [1.807, 2.05) is 18.2 Å². The molecule has 0 saturated carbocycles. The number of carbonyl (C=O) groups is 2. The van der Waals surface area contributed by atoms with Gasteiger partial charge in [0.15, 0.2) is 0 Å². The number of nitrogens with zero attached hydrogens (tertiary/aromatic N) is 1. The Morgan fingerprint density at radius 3 is 2.57 bits per heavy atom. The number of rotatable bonds is 10. The molecule has 0 aliphatic rings. The third-order valence-electron chi connectivity index (χ3n) is 3.12. The van der Waals surface area contributed by atoms with E-state index in [1.54, 1.807) is 6.07 Å². The van der Waals surface area contributed by atoms with Crippen molar-refractivity contribution in [3.05, 3.63) is 47.7 Å². The quantitative estimate of drug-likeness (QED) is 0.346. The van der Waals surface area contributed by atoms with Gasteiger partial charge in [0.05, 0.1) is 6.42 Å². The Hall–Kier alpha value is -2.81. The maximum absolute atomic E-state index is 11.6. The van der Waals surface area contributed by atoms with E-state index < -0.39 is 11.9 Å². The molecule has 0 radical (unpaired) electrons. The molecule has 1 aromatic carbocycles. The lowest BCUT2D eigenvalue weighted by Crippen LogP contribution is -2.28.